The number of halogens is 1. The molecule has 112 valence electrons. The molecule has 1 aromatic carbocycles. The number of rotatable bonds is 5. The van der Waals surface area contributed by atoms with Crippen LogP contribution >= 0.6 is 15.9 Å². The Hall–Kier alpha value is -1.24. The van der Waals surface area contributed by atoms with Crippen molar-refractivity contribution in [3.05, 3.63) is 58.3 Å². The van der Waals surface area contributed by atoms with E-state index in [0.29, 0.717) is 17.9 Å². The number of sulfonamides is 1. The van der Waals surface area contributed by atoms with E-state index >= 15 is 0 Å². The molecule has 21 heavy (non-hydrogen) atoms. The van der Waals surface area contributed by atoms with Crippen molar-refractivity contribution in [1.82, 2.24) is 9.29 Å². The summed E-state index contributed by atoms with van der Waals surface area (Å²) in [6, 6.07) is 10.7. The zero-order valence-electron chi connectivity index (χ0n) is 12.0. The minimum Gasteiger partial charge on any atom is -0.261 e. The first-order valence-electron chi connectivity index (χ1n) is 6.53. The molecular formula is C15H17BrN2O2S. The van der Waals surface area contributed by atoms with Crippen LogP contribution in [0.4, 0.5) is 0 Å². The maximum absolute atomic E-state index is 12.5. The Bertz CT molecular complexity index is 718. The van der Waals surface area contributed by atoms with E-state index in [1.807, 2.05) is 25.1 Å². The summed E-state index contributed by atoms with van der Waals surface area (Å²) in [5, 5.41) is 0. The van der Waals surface area contributed by atoms with E-state index in [4.69, 9.17) is 0 Å². The molecule has 4 nitrogen and oxygen atoms in total. The molecule has 0 spiro atoms. The van der Waals surface area contributed by atoms with Crippen LogP contribution in [0.15, 0.2) is 52.0 Å². The lowest BCUT2D eigenvalue weighted by atomic mass is 10.2. The van der Waals surface area contributed by atoms with E-state index in [2.05, 4.69) is 20.9 Å². The van der Waals surface area contributed by atoms with Crippen molar-refractivity contribution in [3.8, 4) is 0 Å². The van der Waals surface area contributed by atoms with Gasteiger partial charge in [-0.25, -0.2) is 12.7 Å². The van der Waals surface area contributed by atoms with Crippen molar-refractivity contribution >= 4 is 26.0 Å². The molecule has 0 unspecified atom stereocenters. The largest absolute Gasteiger partial charge is 0.261 e. The molecule has 0 saturated heterocycles. The summed E-state index contributed by atoms with van der Waals surface area (Å²) in [7, 11) is -1.87. The van der Waals surface area contributed by atoms with E-state index in [9.17, 15) is 8.42 Å². The molecule has 2 rings (SSSR count). The van der Waals surface area contributed by atoms with Gasteiger partial charge in [0, 0.05) is 36.4 Å². The number of likely N-dealkylation sites (N-methyl/N-ethyl adjacent to an activating group) is 1. The van der Waals surface area contributed by atoms with E-state index in [-0.39, 0.29) is 0 Å². The van der Waals surface area contributed by atoms with Gasteiger partial charge in [0.2, 0.25) is 10.0 Å². The van der Waals surface area contributed by atoms with Crippen LogP contribution in [-0.2, 0) is 16.4 Å². The molecule has 0 N–H and O–H groups in total. The monoisotopic (exact) mass is 368 g/mol. The number of aromatic nitrogens is 1. The highest BCUT2D eigenvalue weighted by Gasteiger charge is 2.21. The van der Waals surface area contributed by atoms with Gasteiger partial charge in [-0.15, -0.1) is 0 Å². The summed E-state index contributed by atoms with van der Waals surface area (Å²) >= 11 is 3.38. The molecule has 0 atom stereocenters. The van der Waals surface area contributed by atoms with Crippen molar-refractivity contribution < 1.29 is 8.42 Å². The molecule has 0 aliphatic heterocycles. The second-order valence-electron chi connectivity index (χ2n) is 4.81. The Balaban J connectivity index is 2.13. The second-order valence-corrected chi connectivity index (χ2v) is 7.71. The minimum absolute atomic E-state index is 0.312. The molecule has 1 aromatic heterocycles. The lowest BCUT2D eigenvalue weighted by Crippen LogP contribution is -2.29. The van der Waals surface area contributed by atoms with Crippen LogP contribution in [0.25, 0.3) is 0 Å². The zero-order valence-corrected chi connectivity index (χ0v) is 14.4. The first-order valence-corrected chi connectivity index (χ1v) is 8.77. The second kappa shape index (κ2) is 6.68. The third-order valence-corrected chi connectivity index (χ3v) is 5.99. The van der Waals surface area contributed by atoms with Crippen molar-refractivity contribution in [1.29, 1.82) is 0 Å². The van der Waals surface area contributed by atoms with Crippen LogP contribution < -0.4 is 0 Å². The summed E-state index contributed by atoms with van der Waals surface area (Å²) in [6.07, 6.45) is 2.30. The van der Waals surface area contributed by atoms with Gasteiger partial charge in [0.1, 0.15) is 0 Å². The van der Waals surface area contributed by atoms with Crippen LogP contribution in [-0.4, -0.2) is 31.3 Å². The topological polar surface area (TPSA) is 50.3 Å². The third kappa shape index (κ3) is 3.90. The van der Waals surface area contributed by atoms with E-state index in [0.717, 1.165) is 15.7 Å². The fraction of sp³-hybridized carbons (Fsp3) is 0.267. The summed E-state index contributed by atoms with van der Waals surface area (Å²) < 4.78 is 27.3. The first kappa shape index (κ1) is 16.1. The molecule has 0 saturated carbocycles. The maximum Gasteiger partial charge on any atom is 0.242 e. The van der Waals surface area contributed by atoms with Gasteiger partial charge in [-0.2, -0.15) is 0 Å². The molecule has 0 amide bonds. The zero-order chi connectivity index (χ0) is 15.5. The van der Waals surface area contributed by atoms with Gasteiger partial charge >= 0.3 is 0 Å². The van der Waals surface area contributed by atoms with Crippen LogP contribution in [0.5, 0.6) is 0 Å². The molecule has 0 aliphatic carbocycles. The van der Waals surface area contributed by atoms with Crippen LogP contribution in [0.2, 0.25) is 0 Å². The van der Waals surface area contributed by atoms with Gasteiger partial charge in [-0.05, 0) is 42.8 Å². The Morgan fingerprint density at radius 3 is 2.62 bits per heavy atom. The van der Waals surface area contributed by atoms with Crippen LogP contribution in [0.1, 0.15) is 11.3 Å². The Morgan fingerprint density at radius 1 is 1.24 bits per heavy atom. The van der Waals surface area contributed by atoms with Gasteiger partial charge in [0.15, 0.2) is 0 Å². The summed E-state index contributed by atoms with van der Waals surface area (Å²) in [5.41, 5.74) is 1.78. The number of aryl methyl sites for hydroxylation is 1. The molecule has 2 aromatic rings. The molecule has 0 radical (unpaired) electrons. The highest BCUT2D eigenvalue weighted by atomic mass is 79.9. The standard InChI is InChI=1S/C15H17BrN2O2S/c1-12-11-14(6-7-15(12)16)21(19,20)18(2)10-8-13-5-3-4-9-17-13/h3-7,9,11H,8,10H2,1-2H3. The molecule has 1 heterocycles. The fourth-order valence-corrected chi connectivity index (χ4v) is 3.40. The van der Waals surface area contributed by atoms with E-state index in [1.165, 1.54) is 4.31 Å². The summed E-state index contributed by atoms with van der Waals surface area (Å²) in [6.45, 7) is 2.27. The van der Waals surface area contributed by atoms with E-state index in [1.54, 1.807) is 31.4 Å². The Labute approximate surface area is 134 Å². The lowest BCUT2D eigenvalue weighted by molar-refractivity contribution is 0.471. The number of pyridine rings is 1. The number of hydrogen-bond acceptors (Lipinski definition) is 3. The third-order valence-electron chi connectivity index (χ3n) is 3.25. The lowest BCUT2D eigenvalue weighted by Gasteiger charge is -2.17. The highest BCUT2D eigenvalue weighted by Crippen LogP contribution is 2.22. The van der Waals surface area contributed by atoms with Gasteiger partial charge in [0.05, 0.1) is 4.90 Å². The van der Waals surface area contributed by atoms with Gasteiger partial charge in [-0.3, -0.25) is 4.98 Å². The smallest absolute Gasteiger partial charge is 0.242 e. The van der Waals surface area contributed by atoms with Gasteiger partial charge in [-0.1, -0.05) is 22.0 Å². The van der Waals surface area contributed by atoms with Crippen LogP contribution in [0, 0.1) is 6.92 Å². The fourth-order valence-electron chi connectivity index (χ4n) is 1.90. The first-order chi connectivity index (χ1) is 9.91. The molecule has 0 aliphatic rings. The van der Waals surface area contributed by atoms with Gasteiger partial charge < -0.3 is 0 Å². The normalized spacial score (nSPS) is 11.8. The Kier molecular flexibility index (Phi) is 5.13. The van der Waals surface area contributed by atoms with Crippen molar-refractivity contribution in [2.45, 2.75) is 18.2 Å². The quantitative estimate of drug-likeness (QED) is 0.814. The summed E-state index contributed by atoms with van der Waals surface area (Å²) in [5.74, 6) is 0. The number of nitrogens with zero attached hydrogens (tertiary/aromatic N) is 2. The molecule has 0 fully saturated rings. The van der Waals surface area contributed by atoms with Gasteiger partial charge in [0.25, 0.3) is 0 Å². The number of hydrogen-bond donors (Lipinski definition) is 0. The van der Waals surface area contributed by atoms with E-state index < -0.39 is 10.0 Å². The predicted octanol–water partition coefficient (Wildman–Crippen LogP) is 3.02. The molecular weight excluding hydrogens is 352 g/mol. The minimum atomic E-state index is -3.46. The molecule has 0 bridgehead atoms. The number of benzene rings is 1. The Morgan fingerprint density at radius 2 is 2.00 bits per heavy atom. The average Bonchev–Trinajstić information content (AvgIpc) is 2.48. The highest BCUT2D eigenvalue weighted by molar-refractivity contribution is 9.10. The summed E-state index contributed by atoms with van der Waals surface area (Å²) in [4.78, 5) is 4.52. The molecule has 6 heteroatoms. The SMILES string of the molecule is Cc1cc(S(=O)(=O)N(C)CCc2ccccn2)ccc1Br. The predicted molar refractivity (Wildman–Crippen MR) is 86.6 cm³/mol. The average molecular weight is 369 g/mol. The maximum atomic E-state index is 12.5. The van der Waals surface area contributed by atoms with Crippen molar-refractivity contribution in [2.75, 3.05) is 13.6 Å². The van der Waals surface area contributed by atoms with Crippen molar-refractivity contribution in [2.24, 2.45) is 0 Å². The van der Waals surface area contributed by atoms with Crippen LogP contribution in [0.3, 0.4) is 0 Å². The van der Waals surface area contributed by atoms with Crippen molar-refractivity contribution in [3.63, 3.8) is 0 Å².